The minimum Gasteiger partial charge on any atom is -0.310 e. The molecule has 0 N–H and O–H groups in total. The number of hydrogen-bond donors (Lipinski definition) is 0. The largest absolute Gasteiger partial charge is 0.310 e. The third-order valence-corrected chi connectivity index (χ3v) is 22.9. The molecule has 101 heavy (non-hydrogen) atoms. The molecule has 0 aliphatic carbocycles. The maximum Gasteiger partial charge on any atom is 0.264 e. The van der Waals surface area contributed by atoms with E-state index in [4.69, 9.17) is 0 Å². The third-order valence-electron chi connectivity index (χ3n) is 21.6. The van der Waals surface area contributed by atoms with Crippen LogP contribution in [0, 0.1) is 0 Å². The number of rotatable bonds is 8. The Kier molecular flexibility index (Phi) is 12.9. The van der Waals surface area contributed by atoms with Gasteiger partial charge in [-0.2, -0.15) is 0 Å². The molecule has 0 amide bonds. The molecule has 19 rings (SSSR count). The maximum atomic E-state index is 12.0. The average molecular weight is 1320 g/mol. The Labute approximate surface area is 600 Å². The van der Waals surface area contributed by atoms with Crippen molar-refractivity contribution in [2.45, 2.75) is 78.6 Å². The lowest BCUT2D eigenvalue weighted by Crippen LogP contribution is -2.60. The monoisotopic (exact) mass is 1320 g/mol. The highest BCUT2D eigenvalue weighted by molar-refractivity contribution is 7.34. The SMILES string of the molecule is [2H]c1c([2H])c(-n2c3ccccc3c3cc4ccc5cccc6ccc(c4c56)c32)c([2H])c2c1B1c3sc4c(-c5ccccc5)cccc4c3N(c3c(-c4ccccc4)cc(C(C)(C)C)cc3-c3ccccc3)c3cc(C(C)(C)C)cc(c31)N2c1c(-c2ccccc2)cc(C(C)(C)C)cc1-c1ccccc1. The molecule has 0 unspecified atom stereocenters. The van der Waals surface area contributed by atoms with E-state index in [2.05, 4.69) is 356 Å². The van der Waals surface area contributed by atoms with Crippen molar-refractivity contribution in [3.8, 4) is 61.3 Å². The van der Waals surface area contributed by atoms with Crippen LogP contribution in [0.3, 0.4) is 0 Å². The summed E-state index contributed by atoms with van der Waals surface area (Å²) in [4.78, 5) is 5.09. The summed E-state index contributed by atoms with van der Waals surface area (Å²) >= 11 is 1.80. The van der Waals surface area contributed by atoms with Crippen molar-refractivity contribution in [2.75, 3.05) is 9.80 Å². The smallest absolute Gasteiger partial charge is 0.264 e. The molecule has 4 heterocycles. The molecule has 2 aromatic heterocycles. The first kappa shape index (κ1) is 57.6. The van der Waals surface area contributed by atoms with Gasteiger partial charge < -0.3 is 14.4 Å². The second kappa shape index (κ2) is 22.6. The Morgan fingerprint density at radius 3 is 1.33 bits per heavy atom. The Morgan fingerprint density at radius 1 is 0.347 bits per heavy atom. The van der Waals surface area contributed by atoms with Crippen LogP contribution >= 0.6 is 11.3 Å². The zero-order valence-corrected chi connectivity index (χ0v) is 59.2. The molecule has 5 heteroatoms. The Balaban J connectivity index is 1.04. The fourth-order valence-electron chi connectivity index (χ4n) is 16.6. The molecule has 484 valence electrons. The number of para-hydroxylation sites is 1. The van der Waals surface area contributed by atoms with Gasteiger partial charge in [-0.1, -0.05) is 299 Å². The molecule has 17 aromatic rings. The fraction of sp³-hybridized carbons (Fsp3) is 0.125. The molecule has 0 bridgehead atoms. The van der Waals surface area contributed by atoms with Gasteiger partial charge in [0.05, 0.1) is 32.2 Å². The van der Waals surface area contributed by atoms with Gasteiger partial charge in [0.15, 0.2) is 0 Å². The summed E-state index contributed by atoms with van der Waals surface area (Å²) in [7, 11) is 0. The lowest BCUT2D eigenvalue weighted by molar-refractivity contribution is 0.590. The molecular formula is C96H76BN3S. The van der Waals surface area contributed by atoms with Gasteiger partial charge in [0.25, 0.3) is 6.71 Å². The third kappa shape index (κ3) is 9.53. The number of thiophene rings is 1. The minimum atomic E-state index is -0.651. The first-order valence-corrected chi connectivity index (χ1v) is 36.3. The molecule has 0 spiro atoms. The topological polar surface area (TPSA) is 11.4 Å². The normalized spacial score (nSPS) is 13.6. The van der Waals surface area contributed by atoms with Crippen LogP contribution in [-0.2, 0) is 16.2 Å². The first-order valence-electron chi connectivity index (χ1n) is 37.0. The first-order chi connectivity index (χ1) is 50.3. The van der Waals surface area contributed by atoms with Crippen molar-refractivity contribution in [3.63, 3.8) is 0 Å². The van der Waals surface area contributed by atoms with Gasteiger partial charge in [-0.05, 0) is 165 Å². The summed E-state index contributed by atoms with van der Waals surface area (Å²) in [5.41, 5.74) is 22.5. The van der Waals surface area contributed by atoms with E-state index in [0.717, 1.165) is 159 Å². The summed E-state index contributed by atoms with van der Waals surface area (Å²) in [5.74, 6) is 0. The highest BCUT2D eigenvalue weighted by atomic mass is 32.1. The lowest BCUT2D eigenvalue weighted by atomic mass is 9.36. The summed E-state index contributed by atoms with van der Waals surface area (Å²) in [6, 6.07) is 102. The van der Waals surface area contributed by atoms with E-state index in [1.165, 1.54) is 16.5 Å². The summed E-state index contributed by atoms with van der Waals surface area (Å²) in [5, 5.41) is 9.97. The van der Waals surface area contributed by atoms with E-state index in [9.17, 15) is 4.11 Å². The standard InChI is InChI=1S/C96H76BN3S/c1-94(2,3)67-52-75(60-31-17-11-18-32-60)89(76(53-67)61-33-19-12-20-34-61)99-82-58-70(98-81-44-26-25-41-72(81)79-51-66-46-45-64-39-27-40-65-47-49-73(88(79)98)86(66)85(64)65)48-50-80(82)97-87-83(99)56-69(96(7,8)9)57-84(87)100(91-74-43-28-42-71(92(74)101-93(91)97)59-29-15-10-16-30-59)90-77(62-35-21-13-22-36-62)54-68(95(4,5)6)55-78(90)63-37-23-14-24-38-63/h10-58H,1-9H3/i48D,50D,58D. The van der Waals surface area contributed by atoms with Crippen LogP contribution in [0.25, 0.3) is 126 Å². The Bertz CT molecular complexity index is 6240. The molecule has 2 aliphatic heterocycles. The van der Waals surface area contributed by atoms with E-state index in [1.807, 2.05) is 0 Å². The lowest BCUT2D eigenvalue weighted by Gasteiger charge is -2.46. The molecule has 0 radical (unpaired) electrons. The average Bonchev–Trinajstić information content (AvgIpc) is 1.22. The quantitative estimate of drug-likeness (QED) is 0.111. The molecule has 0 atom stereocenters. The van der Waals surface area contributed by atoms with Crippen molar-refractivity contribution in [2.24, 2.45) is 0 Å². The van der Waals surface area contributed by atoms with Gasteiger partial charge in [0, 0.05) is 76.0 Å². The van der Waals surface area contributed by atoms with Crippen LogP contribution < -0.4 is 25.5 Å². The maximum absolute atomic E-state index is 12.0. The number of anilines is 6. The van der Waals surface area contributed by atoms with Gasteiger partial charge in [-0.3, -0.25) is 0 Å². The van der Waals surface area contributed by atoms with E-state index >= 15 is 0 Å². The van der Waals surface area contributed by atoms with Crippen LogP contribution in [0.5, 0.6) is 0 Å². The summed E-state index contributed by atoms with van der Waals surface area (Å²) in [6.45, 7) is 20.2. The highest BCUT2D eigenvalue weighted by Crippen LogP contribution is 2.58. The number of benzene rings is 15. The molecule has 0 saturated carbocycles. The minimum absolute atomic E-state index is 0.00133. The predicted octanol–water partition coefficient (Wildman–Crippen LogP) is 25.2. The van der Waals surface area contributed by atoms with Crippen molar-refractivity contribution in [3.05, 3.63) is 314 Å². The number of nitrogens with zero attached hydrogens (tertiary/aromatic N) is 3. The Hall–Kier alpha value is -11.2. The fourth-order valence-corrected chi connectivity index (χ4v) is 18.0. The van der Waals surface area contributed by atoms with Gasteiger partial charge in [0.1, 0.15) is 0 Å². The van der Waals surface area contributed by atoms with Crippen LogP contribution in [-0.4, -0.2) is 11.3 Å². The molecule has 3 nitrogen and oxygen atoms in total. The van der Waals surface area contributed by atoms with E-state index < -0.39 is 12.1 Å². The molecule has 15 aromatic carbocycles. The van der Waals surface area contributed by atoms with Gasteiger partial charge in [-0.25, -0.2) is 0 Å². The van der Waals surface area contributed by atoms with E-state index in [1.54, 1.807) is 11.3 Å². The second-order valence-corrected chi connectivity index (χ2v) is 32.0. The van der Waals surface area contributed by atoms with Crippen LogP contribution in [0.1, 0.15) is 83.1 Å². The van der Waals surface area contributed by atoms with Crippen LogP contribution in [0.2, 0.25) is 0 Å². The Morgan fingerprint density at radius 2 is 0.792 bits per heavy atom. The van der Waals surface area contributed by atoms with E-state index in [0.29, 0.717) is 16.8 Å². The van der Waals surface area contributed by atoms with Gasteiger partial charge in [0.2, 0.25) is 0 Å². The zero-order chi connectivity index (χ0) is 71.0. The van der Waals surface area contributed by atoms with E-state index in [-0.39, 0.29) is 29.0 Å². The number of hydrogen-bond acceptors (Lipinski definition) is 3. The summed E-state index contributed by atoms with van der Waals surface area (Å²) in [6.07, 6.45) is 0. The number of aromatic nitrogens is 1. The van der Waals surface area contributed by atoms with Crippen molar-refractivity contribution in [1.82, 2.24) is 4.57 Å². The molecule has 2 aliphatic rings. The molecular weight excluding hydrogens is 1240 g/mol. The zero-order valence-electron chi connectivity index (χ0n) is 61.4. The van der Waals surface area contributed by atoms with Crippen LogP contribution in [0.4, 0.5) is 34.1 Å². The molecule has 0 fully saturated rings. The van der Waals surface area contributed by atoms with Crippen molar-refractivity contribution in [1.29, 1.82) is 0 Å². The van der Waals surface area contributed by atoms with Gasteiger partial charge >= 0.3 is 0 Å². The highest BCUT2D eigenvalue weighted by Gasteiger charge is 2.48. The summed E-state index contributed by atoms with van der Waals surface area (Å²) < 4.78 is 39.2. The second-order valence-electron chi connectivity index (χ2n) is 30.9. The molecule has 0 saturated heterocycles. The van der Waals surface area contributed by atoms with Crippen molar-refractivity contribution < 1.29 is 4.11 Å². The van der Waals surface area contributed by atoms with Crippen LogP contribution in [0.15, 0.2) is 297 Å². The predicted molar refractivity (Wildman–Crippen MR) is 437 cm³/mol. The van der Waals surface area contributed by atoms with Crippen molar-refractivity contribution >= 4 is 132 Å². The number of fused-ring (bicyclic) bond motifs is 10. The van der Waals surface area contributed by atoms with Gasteiger partial charge in [-0.15, -0.1) is 11.3 Å².